The Balaban J connectivity index is 1.96. The maximum Gasteiger partial charge on any atom is 0.316 e. The molecule has 0 fully saturated rings. The first-order chi connectivity index (χ1) is 12.9. The van der Waals surface area contributed by atoms with Crippen LogP contribution in [0.25, 0.3) is 0 Å². The number of nitrogens with two attached hydrogens (primary N) is 1. The fourth-order valence-corrected chi connectivity index (χ4v) is 2.81. The van der Waals surface area contributed by atoms with E-state index in [0.717, 1.165) is 11.8 Å². The van der Waals surface area contributed by atoms with Gasteiger partial charge in [0.25, 0.3) is 0 Å². The van der Waals surface area contributed by atoms with Crippen LogP contribution in [0.15, 0.2) is 29.4 Å². The van der Waals surface area contributed by atoms with E-state index >= 15 is 0 Å². The first-order valence-electron chi connectivity index (χ1n) is 8.03. The van der Waals surface area contributed by atoms with Crippen LogP contribution in [-0.4, -0.2) is 44.9 Å². The molecule has 0 radical (unpaired) electrons. The van der Waals surface area contributed by atoms with E-state index in [1.807, 2.05) is 0 Å². The highest BCUT2D eigenvalue weighted by atomic mass is 32.2. The molecule has 2 rings (SSSR count). The summed E-state index contributed by atoms with van der Waals surface area (Å²) in [5.74, 6) is -0.801. The zero-order valence-electron chi connectivity index (χ0n) is 14.9. The molecule has 0 aliphatic carbocycles. The smallest absolute Gasteiger partial charge is 0.316 e. The van der Waals surface area contributed by atoms with E-state index in [1.165, 1.54) is 11.5 Å². The fourth-order valence-electron chi connectivity index (χ4n) is 2.07. The predicted octanol–water partition coefficient (Wildman–Crippen LogP) is 1.11. The number of thioether (sulfide) groups is 1. The largest absolute Gasteiger partial charge is 0.465 e. The molecule has 1 aromatic carbocycles. The fraction of sp³-hybridized carbons (Fsp3) is 0.312. The zero-order chi connectivity index (χ0) is 19.8. The van der Waals surface area contributed by atoms with Crippen LogP contribution in [-0.2, 0) is 25.7 Å². The zero-order valence-corrected chi connectivity index (χ0v) is 15.7. The van der Waals surface area contributed by atoms with Crippen LogP contribution in [0.5, 0.6) is 0 Å². The minimum Gasteiger partial charge on any atom is -0.465 e. The third kappa shape index (κ3) is 6.29. The molecule has 11 heteroatoms. The number of amides is 2. The minimum absolute atomic E-state index is 0.0399. The van der Waals surface area contributed by atoms with Crippen LogP contribution in [0.4, 0.5) is 17.3 Å². The number of anilines is 3. The molecule has 10 nitrogen and oxygen atoms in total. The third-order valence-corrected chi connectivity index (χ3v) is 4.10. The van der Waals surface area contributed by atoms with Gasteiger partial charge < -0.3 is 21.1 Å². The minimum atomic E-state index is -0.390. The molecule has 27 heavy (non-hydrogen) atoms. The Bertz CT molecular complexity index is 821. The van der Waals surface area contributed by atoms with Crippen molar-refractivity contribution in [3.05, 3.63) is 24.3 Å². The van der Waals surface area contributed by atoms with Gasteiger partial charge in [-0.15, -0.1) is 10.2 Å². The van der Waals surface area contributed by atoms with Crippen molar-refractivity contribution in [2.24, 2.45) is 0 Å². The van der Waals surface area contributed by atoms with Crippen LogP contribution in [0.2, 0.25) is 0 Å². The number of ether oxygens (including phenoxy) is 1. The second-order valence-corrected chi connectivity index (χ2v) is 6.27. The summed E-state index contributed by atoms with van der Waals surface area (Å²) in [4.78, 5) is 34.7. The number of hydrogen-bond acceptors (Lipinski definition) is 8. The topological polar surface area (TPSA) is 141 Å². The lowest BCUT2D eigenvalue weighted by molar-refractivity contribution is -0.139. The quantitative estimate of drug-likeness (QED) is 0.448. The third-order valence-electron chi connectivity index (χ3n) is 3.16. The molecule has 4 N–H and O–H groups in total. The maximum absolute atomic E-state index is 12.3. The van der Waals surface area contributed by atoms with Crippen molar-refractivity contribution in [2.75, 3.05) is 28.7 Å². The molecule has 0 aliphatic rings. The average Bonchev–Trinajstić information content (AvgIpc) is 2.95. The monoisotopic (exact) mass is 392 g/mol. The standard InChI is InChI=1S/C16H20N6O4S/c1-3-26-14(25)9-27-16-21-20-15(17)22(16)8-13(24)19-12-6-4-11(5-7-12)18-10(2)23/h4-7H,3,8-9H2,1-2H3,(H2,17,20)(H,18,23)(H,19,24). The maximum atomic E-state index is 12.3. The van der Waals surface area contributed by atoms with Crippen molar-refractivity contribution < 1.29 is 19.1 Å². The highest BCUT2D eigenvalue weighted by Crippen LogP contribution is 2.19. The molecule has 144 valence electrons. The number of benzene rings is 1. The molecule has 0 atom stereocenters. The number of carbonyl (C=O) groups is 3. The van der Waals surface area contributed by atoms with Gasteiger partial charge in [0.05, 0.1) is 12.4 Å². The van der Waals surface area contributed by atoms with E-state index < -0.39 is 0 Å². The normalized spacial score (nSPS) is 10.3. The van der Waals surface area contributed by atoms with Gasteiger partial charge in [-0.2, -0.15) is 0 Å². The lowest BCUT2D eigenvalue weighted by Crippen LogP contribution is -2.20. The van der Waals surface area contributed by atoms with Gasteiger partial charge in [-0.05, 0) is 31.2 Å². The van der Waals surface area contributed by atoms with Crippen LogP contribution in [0, 0.1) is 0 Å². The average molecular weight is 392 g/mol. The highest BCUT2D eigenvalue weighted by Gasteiger charge is 2.15. The molecular formula is C16H20N6O4S. The van der Waals surface area contributed by atoms with Gasteiger partial charge in [0.15, 0.2) is 5.16 Å². The number of aromatic nitrogens is 3. The summed E-state index contributed by atoms with van der Waals surface area (Å²) < 4.78 is 6.26. The van der Waals surface area contributed by atoms with Crippen LogP contribution >= 0.6 is 11.8 Å². The second-order valence-electron chi connectivity index (χ2n) is 5.33. The van der Waals surface area contributed by atoms with Gasteiger partial charge in [0, 0.05) is 18.3 Å². The van der Waals surface area contributed by atoms with Gasteiger partial charge in [0.1, 0.15) is 6.54 Å². The van der Waals surface area contributed by atoms with E-state index in [1.54, 1.807) is 31.2 Å². The number of nitrogens with zero attached hydrogens (tertiary/aromatic N) is 3. The van der Waals surface area contributed by atoms with Crippen LogP contribution in [0.3, 0.4) is 0 Å². The summed E-state index contributed by atoms with van der Waals surface area (Å²) in [6.07, 6.45) is 0. The van der Waals surface area contributed by atoms with E-state index in [2.05, 4.69) is 20.8 Å². The highest BCUT2D eigenvalue weighted by molar-refractivity contribution is 7.99. The van der Waals surface area contributed by atoms with E-state index in [0.29, 0.717) is 16.5 Å². The summed E-state index contributed by atoms with van der Waals surface area (Å²) in [7, 11) is 0. The first-order valence-corrected chi connectivity index (χ1v) is 9.02. The SMILES string of the molecule is CCOC(=O)CSc1nnc(N)n1CC(=O)Nc1ccc(NC(C)=O)cc1. The first kappa shape index (κ1) is 20.2. The summed E-state index contributed by atoms with van der Waals surface area (Å²) in [5.41, 5.74) is 6.94. The summed E-state index contributed by atoms with van der Waals surface area (Å²) in [6.45, 7) is 3.31. The van der Waals surface area contributed by atoms with Gasteiger partial charge in [0.2, 0.25) is 17.8 Å². The lowest BCUT2D eigenvalue weighted by Gasteiger charge is -2.09. The molecule has 1 aromatic heterocycles. The van der Waals surface area contributed by atoms with Crippen molar-refractivity contribution in [3.8, 4) is 0 Å². The molecule has 2 amide bonds. The Kier molecular flexibility index (Phi) is 7.17. The summed E-state index contributed by atoms with van der Waals surface area (Å²) in [6, 6.07) is 6.67. The number of nitrogen functional groups attached to an aromatic ring is 1. The Labute approximate surface area is 159 Å². The van der Waals surface area contributed by atoms with E-state index in [9.17, 15) is 14.4 Å². The van der Waals surface area contributed by atoms with Crippen molar-refractivity contribution in [3.63, 3.8) is 0 Å². The molecule has 0 spiro atoms. The molecule has 1 heterocycles. The van der Waals surface area contributed by atoms with Gasteiger partial charge >= 0.3 is 5.97 Å². The number of nitrogens with one attached hydrogen (secondary N) is 2. The van der Waals surface area contributed by atoms with Crippen molar-refractivity contribution in [1.29, 1.82) is 0 Å². The van der Waals surface area contributed by atoms with E-state index in [-0.39, 0.29) is 42.6 Å². The number of rotatable bonds is 8. The van der Waals surface area contributed by atoms with Crippen LogP contribution < -0.4 is 16.4 Å². The molecule has 0 unspecified atom stereocenters. The number of carbonyl (C=O) groups excluding carboxylic acids is 3. The molecular weight excluding hydrogens is 372 g/mol. The number of hydrogen-bond donors (Lipinski definition) is 3. The van der Waals surface area contributed by atoms with E-state index in [4.69, 9.17) is 10.5 Å². The molecule has 0 aliphatic heterocycles. The second kappa shape index (κ2) is 9.57. The molecule has 0 bridgehead atoms. The van der Waals surface area contributed by atoms with Gasteiger partial charge in [-0.1, -0.05) is 11.8 Å². The Hall–Kier alpha value is -3.08. The Morgan fingerprint density at radius 3 is 2.37 bits per heavy atom. The van der Waals surface area contributed by atoms with Crippen LogP contribution in [0.1, 0.15) is 13.8 Å². The molecule has 0 saturated heterocycles. The van der Waals surface area contributed by atoms with Crippen molar-refractivity contribution >= 4 is 46.9 Å². The Morgan fingerprint density at radius 1 is 1.15 bits per heavy atom. The van der Waals surface area contributed by atoms with Gasteiger partial charge in [-0.25, -0.2) is 0 Å². The Morgan fingerprint density at radius 2 is 1.78 bits per heavy atom. The van der Waals surface area contributed by atoms with Crippen molar-refractivity contribution in [1.82, 2.24) is 14.8 Å². The lowest BCUT2D eigenvalue weighted by atomic mass is 10.2. The summed E-state index contributed by atoms with van der Waals surface area (Å²) in [5, 5.41) is 13.3. The predicted molar refractivity (Wildman–Crippen MR) is 101 cm³/mol. The van der Waals surface area contributed by atoms with Crippen molar-refractivity contribution in [2.45, 2.75) is 25.5 Å². The molecule has 2 aromatic rings. The molecule has 0 saturated carbocycles. The summed E-state index contributed by atoms with van der Waals surface area (Å²) >= 11 is 1.09. The number of esters is 1. The van der Waals surface area contributed by atoms with Gasteiger partial charge in [-0.3, -0.25) is 19.0 Å².